The fourth-order valence-corrected chi connectivity index (χ4v) is 11.5. The molecule has 0 aliphatic carbocycles. The van der Waals surface area contributed by atoms with E-state index in [1.807, 2.05) is 54.6 Å². The van der Waals surface area contributed by atoms with Gasteiger partial charge in [-0.1, -0.05) is 0 Å². The molecule has 0 fully saturated rings. The molecule has 0 bridgehead atoms. The Hall–Kier alpha value is -1.47. The van der Waals surface area contributed by atoms with Crippen molar-refractivity contribution in [1.82, 2.24) is 4.90 Å². The number of hydrogen-bond donors (Lipinski definition) is 0. The zero-order valence-electron chi connectivity index (χ0n) is 21.3. The van der Waals surface area contributed by atoms with Crippen molar-refractivity contribution < 1.29 is 8.22 Å². The van der Waals surface area contributed by atoms with Crippen LogP contribution in [0.3, 0.4) is 0 Å². The van der Waals surface area contributed by atoms with Gasteiger partial charge in [0, 0.05) is 0 Å². The summed E-state index contributed by atoms with van der Waals surface area (Å²) in [6, 6.07) is 31.1. The molecule has 3 heteroatoms. The molecule has 142 valence electrons. The van der Waals surface area contributed by atoms with Crippen molar-refractivity contribution in [2.45, 2.75) is 12.8 Å². The summed E-state index contributed by atoms with van der Waals surface area (Å²) in [6.07, 6.45) is 1.84. The van der Waals surface area contributed by atoms with E-state index in [0.29, 0.717) is 17.7 Å². The standard InChI is InChI=1S/C24H29BrNP/c1-26(2)20-12-13-21-27(25,22-14-6-3-7-15-22,23-16-8-4-9-17-23)24-18-10-5-11-19-24/h3-11,14-19H,12-13,20-21H2,1-2H3/i1D3,2D3. The summed E-state index contributed by atoms with van der Waals surface area (Å²) in [6.45, 7) is -5.35. The second kappa shape index (κ2) is 8.69. The van der Waals surface area contributed by atoms with Crippen molar-refractivity contribution in [3.05, 3.63) is 91.0 Å². The SMILES string of the molecule is [2H]C([2H])([2H])N(CCCCP(Br)(c1ccccc1)(c1ccccc1)c1ccccc1)C([2H])([2H])[2H]. The van der Waals surface area contributed by atoms with Crippen molar-refractivity contribution in [2.75, 3.05) is 26.7 Å². The van der Waals surface area contributed by atoms with E-state index < -0.39 is 19.3 Å². The second-order valence-electron chi connectivity index (χ2n) is 6.77. The van der Waals surface area contributed by atoms with Crippen LogP contribution in [0.1, 0.15) is 21.1 Å². The summed E-state index contributed by atoms with van der Waals surface area (Å²) >= 11 is 4.36. The van der Waals surface area contributed by atoms with Crippen LogP contribution >= 0.6 is 20.8 Å². The number of rotatable bonds is 8. The molecule has 3 rings (SSSR count). The van der Waals surface area contributed by atoms with Gasteiger partial charge in [-0.3, -0.25) is 0 Å². The van der Waals surface area contributed by atoms with Crippen LogP contribution in [0.4, 0.5) is 0 Å². The number of nitrogens with zero attached hydrogens (tertiary/aromatic N) is 1. The molecule has 0 aromatic heterocycles. The first kappa shape index (κ1) is 13.7. The third-order valence-electron chi connectivity index (χ3n) is 5.09. The van der Waals surface area contributed by atoms with E-state index in [9.17, 15) is 0 Å². The predicted octanol–water partition coefficient (Wildman–Crippen LogP) is 5.17. The Morgan fingerprint density at radius 3 is 1.48 bits per heavy atom. The van der Waals surface area contributed by atoms with Crippen LogP contribution in [-0.2, 0) is 0 Å². The molecule has 0 aliphatic heterocycles. The Balaban J connectivity index is 2.04. The first-order valence-electron chi connectivity index (χ1n) is 12.2. The van der Waals surface area contributed by atoms with E-state index in [2.05, 4.69) is 51.9 Å². The normalized spacial score (nSPS) is 17.5. The van der Waals surface area contributed by atoms with E-state index in [1.165, 1.54) is 15.9 Å². The van der Waals surface area contributed by atoms with E-state index in [0.717, 1.165) is 6.16 Å². The Labute approximate surface area is 180 Å². The molecule has 3 aromatic rings. The maximum atomic E-state index is 7.64. The summed E-state index contributed by atoms with van der Waals surface area (Å²) in [4.78, 5) is 0.650. The van der Waals surface area contributed by atoms with Gasteiger partial charge in [-0.05, 0) is 0 Å². The Bertz CT molecular complexity index is 912. The zero-order valence-corrected chi connectivity index (χ0v) is 17.7. The fraction of sp³-hybridized carbons (Fsp3) is 0.250. The van der Waals surface area contributed by atoms with Crippen LogP contribution in [0.15, 0.2) is 91.0 Å². The Kier molecular flexibility index (Phi) is 4.40. The van der Waals surface area contributed by atoms with Crippen LogP contribution in [0.25, 0.3) is 0 Å². The van der Waals surface area contributed by atoms with Gasteiger partial charge in [0.05, 0.1) is 0 Å². The van der Waals surface area contributed by atoms with E-state index in [4.69, 9.17) is 8.22 Å². The van der Waals surface area contributed by atoms with Crippen LogP contribution < -0.4 is 15.9 Å². The van der Waals surface area contributed by atoms with Crippen molar-refractivity contribution >= 4 is 36.7 Å². The molecule has 0 atom stereocenters. The van der Waals surface area contributed by atoms with Crippen molar-refractivity contribution in [3.63, 3.8) is 0 Å². The van der Waals surface area contributed by atoms with Gasteiger partial charge in [-0.2, -0.15) is 0 Å². The molecule has 0 aliphatic rings. The molecule has 3 aromatic carbocycles. The third-order valence-corrected chi connectivity index (χ3v) is 15.1. The first-order chi connectivity index (χ1) is 15.5. The minimum atomic E-state index is -3.09. The minimum absolute atomic E-state index is 0.0230. The molecule has 0 spiro atoms. The molecule has 0 heterocycles. The molecule has 0 saturated heterocycles. The number of halogens is 1. The Morgan fingerprint density at radius 2 is 1.11 bits per heavy atom. The van der Waals surface area contributed by atoms with E-state index in [1.54, 1.807) is 0 Å². The molecule has 1 nitrogen and oxygen atoms in total. The van der Waals surface area contributed by atoms with Gasteiger partial charge in [-0.15, -0.1) is 0 Å². The molecule has 0 saturated carbocycles. The van der Waals surface area contributed by atoms with Gasteiger partial charge in [0.1, 0.15) is 0 Å². The summed E-state index contributed by atoms with van der Waals surface area (Å²) in [5.74, 6) is 0. The molecule has 0 N–H and O–H groups in total. The summed E-state index contributed by atoms with van der Waals surface area (Å²) < 4.78 is 45.9. The Morgan fingerprint density at radius 1 is 0.704 bits per heavy atom. The van der Waals surface area contributed by atoms with E-state index >= 15 is 0 Å². The average molecular weight is 448 g/mol. The van der Waals surface area contributed by atoms with Crippen molar-refractivity contribution in [1.29, 1.82) is 0 Å². The second-order valence-corrected chi connectivity index (χ2v) is 15.8. The van der Waals surface area contributed by atoms with E-state index in [-0.39, 0.29) is 6.54 Å². The summed E-state index contributed by atoms with van der Waals surface area (Å²) in [7, 11) is 0. The zero-order chi connectivity index (χ0) is 24.2. The van der Waals surface area contributed by atoms with Crippen LogP contribution in [0, 0.1) is 0 Å². The number of hydrogen-bond acceptors (Lipinski definition) is 1. The number of benzene rings is 3. The molecular weight excluding hydrogens is 413 g/mol. The van der Waals surface area contributed by atoms with Crippen molar-refractivity contribution in [2.24, 2.45) is 0 Å². The quantitative estimate of drug-likeness (QED) is 0.340. The molecule has 27 heavy (non-hydrogen) atoms. The van der Waals surface area contributed by atoms with Gasteiger partial charge >= 0.3 is 180 Å². The van der Waals surface area contributed by atoms with Gasteiger partial charge in [-0.25, -0.2) is 0 Å². The fourth-order valence-electron chi connectivity index (χ4n) is 3.73. The van der Waals surface area contributed by atoms with Crippen LogP contribution in [0.2, 0.25) is 0 Å². The third kappa shape index (κ3) is 4.04. The van der Waals surface area contributed by atoms with Crippen molar-refractivity contribution in [3.8, 4) is 0 Å². The molecule has 0 amide bonds. The number of unbranched alkanes of at least 4 members (excludes halogenated alkanes) is 1. The monoisotopic (exact) mass is 447 g/mol. The maximum absolute atomic E-state index is 7.64. The van der Waals surface area contributed by atoms with Gasteiger partial charge in [0.15, 0.2) is 0 Å². The van der Waals surface area contributed by atoms with Crippen LogP contribution in [-0.4, -0.2) is 31.6 Å². The van der Waals surface area contributed by atoms with Gasteiger partial charge in [0.25, 0.3) is 0 Å². The predicted molar refractivity (Wildman–Crippen MR) is 127 cm³/mol. The summed E-state index contributed by atoms with van der Waals surface area (Å²) in [5, 5.41) is 0.463. The average Bonchev–Trinajstić information content (AvgIpc) is 2.79. The van der Waals surface area contributed by atoms with Gasteiger partial charge in [0.2, 0.25) is 0 Å². The molecular formula is C24H29BrNP. The van der Waals surface area contributed by atoms with Crippen LogP contribution in [0.5, 0.6) is 0 Å². The first-order valence-corrected chi connectivity index (χ1v) is 13.6. The van der Waals surface area contributed by atoms with Gasteiger partial charge < -0.3 is 0 Å². The summed E-state index contributed by atoms with van der Waals surface area (Å²) in [5.41, 5.74) is 0. The molecule has 0 radical (unpaired) electrons. The topological polar surface area (TPSA) is 3.24 Å². The molecule has 0 unspecified atom stereocenters.